The highest BCUT2D eigenvalue weighted by molar-refractivity contribution is 5.67. The van der Waals surface area contributed by atoms with Gasteiger partial charge in [0.1, 0.15) is 30.1 Å². The van der Waals surface area contributed by atoms with Crippen LogP contribution in [0.2, 0.25) is 0 Å². The number of alkyl carbamates (subject to hydrolysis) is 1. The van der Waals surface area contributed by atoms with Gasteiger partial charge in [-0.3, -0.25) is 4.90 Å². The molecule has 0 saturated carbocycles. The average molecular weight is 517 g/mol. The smallest absolute Gasteiger partial charge is 0.407 e. The van der Waals surface area contributed by atoms with Crippen molar-refractivity contribution in [3.8, 4) is 0 Å². The molecule has 1 aromatic carbocycles. The number of aromatic nitrogens is 2. The number of hydrogen-bond donors (Lipinski definition) is 1. The van der Waals surface area contributed by atoms with Gasteiger partial charge in [-0.1, -0.05) is 13.3 Å². The van der Waals surface area contributed by atoms with E-state index in [-0.39, 0.29) is 31.4 Å². The first-order chi connectivity index (χ1) is 17.1. The van der Waals surface area contributed by atoms with Gasteiger partial charge in [-0.25, -0.2) is 18.6 Å². The van der Waals surface area contributed by atoms with Crippen LogP contribution in [0, 0.1) is 18.6 Å². The normalized spacial score (nSPS) is 22.5. The molecule has 3 atom stereocenters. The molecule has 4 rings (SSSR count). The average Bonchev–Trinajstić information content (AvgIpc) is 3.33. The van der Waals surface area contributed by atoms with Crippen LogP contribution in [0.25, 0.3) is 0 Å². The zero-order valence-electron chi connectivity index (χ0n) is 20.1. The van der Waals surface area contributed by atoms with Gasteiger partial charge in [0.15, 0.2) is 0 Å². The van der Waals surface area contributed by atoms with Crippen LogP contribution >= 0.6 is 0 Å². The lowest BCUT2D eigenvalue weighted by Gasteiger charge is -2.40. The third-order valence-corrected chi connectivity index (χ3v) is 6.56. The minimum Gasteiger partial charge on any atom is -0.450 e. The first kappa shape index (κ1) is 26.3. The largest absolute Gasteiger partial charge is 0.450 e. The molecule has 36 heavy (non-hydrogen) atoms. The number of aryl methyl sites for hydroxylation is 1. The molecule has 2 aliphatic heterocycles. The topological polar surface area (TPSA) is 68.6 Å². The second-order valence-corrected chi connectivity index (χ2v) is 9.21. The SMILES string of the molecule is CCCCOC(=O)N[C@H]1C[C@@H](N2Cc3nc(C)n(CC(F)(F)F)c3C2)CO[C@@H]1c1cc(F)ccc1F. The maximum atomic E-state index is 14.6. The lowest BCUT2D eigenvalue weighted by Crippen LogP contribution is -2.51. The van der Waals surface area contributed by atoms with Crippen LogP contribution in [0.3, 0.4) is 0 Å². The Kier molecular flexibility index (Phi) is 7.84. The summed E-state index contributed by atoms with van der Waals surface area (Å²) in [6.07, 6.45) is -4.22. The Labute approximate surface area is 205 Å². The fourth-order valence-corrected chi connectivity index (χ4v) is 4.81. The highest BCUT2D eigenvalue weighted by atomic mass is 19.4. The molecule has 0 aliphatic carbocycles. The van der Waals surface area contributed by atoms with Crippen molar-refractivity contribution in [2.45, 2.75) is 77.1 Å². The third-order valence-electron chi connectivity index (χ3n) is 6.56. The summed E-state index contributed by atoms with van der Waals surface area (Å²) in [7, 11) is 0. The Morgan fingerprint density at radius 3 is 2.78 bits per heavy atom. The lowest BCUT2D eigenvalue weighted by atomic mass is 9.92. The van der Waals surface area contributed by atoms with Crippen molar-refractivity contribution in [3.63, 3.8) is 0 Å². The van der Waals surface area contributed by atoms with Gasteiger partial charge in [0.25, 0.3) is 0 Å². The van der Waals surface area contributed by atoms with Gasteiger partial charge in [-0.2, -0.15) is 13.2 Å². The van der Waals surface area contributed by atoms with Crippen molar-refractivity contribution in [3.05, 3.63) is 52.6 Å². The summed E-state index contributed by atoms with van der Waals surface area (Å²) in [6.45, 7) is 3.26. The molecule has 1 N–H and O–H groups in total. The van der Waals surface area contributed by atoms with Gasteiger partial charge in [-0.15, -0.1) is 0 Å². The summed E-state index contributed by atoms with van der Waals surface area (Å²) in [5, 5.41) is 2.72. The van der Waals surface area contributed by atoms with Crippen LogP contribution in [-0.4, -0.2) is 52.0 Å². The van der Waals surface area contributed by atoms with E-state index < -0.39 is 42.6 Å². The van der Waals surface area contributed by atoms with E-state index in [9.17, 15) is 26.7 Å². The van der Waals surface area contributed by atoms with E-state index in [0.29, 0.717) is 36.6 Å². The van der Waals surface area contributed by atoms with Crippen LogP contribution in [0.15, 0.2) is 18.2 Å². The van der Waals surface area contributed by atoms with E-state index in [0.717, 1.165) is 24.6 Å². The highest BCUT2D eigenvalue weighted by Crippen LogP contribution is 2.36. The third kappa shape index (κ3) is 5.97. The predicted octanol–water partition coefficient (Wildman–Crippen LogP) is 4.77. The minimum absolute atomic E-state index is 0.0223. The number of nitrogens with zero attached hydrogens (tertiary/aromatic N) is 3. The van der Waals surface area contributed by atoms with Gasteiger partial charge >= 0.3 is 12.3 Å². The van der Waals surface area contributed by atoms with Gasteiger partial charge in [0.05, 0.1) is 30.6 Å². The number of imidazole rings is 1. The van der Waals surface area contributed by atoms with Gasteiger partial charge < -0.3 is 19.4 Å². The number of unbranched alkanes of at least 4 members (excludes halogenated alkanes) is 1. The van der Waals surface area contributed by atoms with Gasteiger partial charge in [0.2, 0.25) is 0 Å². The molecule has 12 heteroatoms. The van der Waals surface area contributed by atoms with Crippen LogP contribution in [0.5, 0.6) is 0 Å². The van der Waals surface area contributed by atoms with Crippen molar-refractivity contribution in [2.75, 3.05) is 13.2 Å². The second-order valence-electron chi connectivity index (χ2n) is 9.21. The monoisotopic (exact) mass is 516 g/mol. The van der Waals surface area contributed by atoms with Crippen molar-refractivity contribution >= 4 is 6.09 Å². The molecule has 1 amide bonds. The zero-order chi connectivity index (χ0) is 26.0. The number of benzene rings is 1. The van der Waals surface area contributed by atoms with E-state index in [4.69, 9.17) is 9.47 Å². The van der Waals surface area contributed by atoms with Crippen molar-refractivity contribution in [2.24, 2.45) is 0 Å². The van der Waals surface area contributed by atoms with Crippen LogP contribution in [-0.2, 0) is 29.1 Å². The van der Waals surface area contributed by atoms with E-state index in [1.165, 1.54) is 4.57 Å². The number of carbonyl (C=O) groups excluding carboxylic acids is 1. The van der Waals surface area contributed by atoms with E-state index in [2.05, 4.69) is 10.3 Å². The van der Waals surface area contributed by atoms with Crippen molar-refractivity contribution < 1.29 is 36.2 Å². The van der Waals surface area contributed by atoms with Crippen LogP contribution in [0.4, 0.5) is 26.7 Å². The maximum absolute atomic E-state index is 14.6. The standard InChI is InChI=1S/C24H29F5N4O3/c1-3-4-7-35-23(34)31-19-9-16(12-36-22(19)17-8-15(25)5-6-18(17)26)32-10-20-21(11-32)33(14(2)30-20)13-24(27,28)29/h5-6,8,16,19,22H,3-4,7,9-13H2,1-2H3,(H,31,34)/t16-,19+,22-/m1/s1. The maximum Gasteiger partial charge on any atom is 0.407 e. The molecule has 0 spiro atoms. The first-order valence-corrected chi connectivity index (χ1v) is 11.9. The first-order valence-electron chi connectivity index (χ1n) is 11.9. The summed E-state index contributed by atoms with van der Waals surface area (Å²) < 4.78 is 80.0. The fourth-order valence-electron chi connectivity index (χ4n) is 4.81. The van der Waals surface area contributed by atoms with E-state index in [1.54, 1.807) is 6.92 Å². The molecule has 2 aliphatic rings. The zero-order valence-corrected chi connectivity index (χ0v) is 20.1. The van der Waals surface area contributed by atoms with Gasteiger partial charge in [0, 0.05) is 24.7 Å². The number of fused-ring (bicyclic) bond motifs is 1. The summed E-state index contributed by atoms with van der Waals surface area (Å²) in [5.74, 6) is -1.01. The van der Waals surface area contributed by atoms with Crippen LogP contribution < -0.4 is 5.32 Å². The number of rotatable bonds is 7. The number of hydrogen-bond acceptors (Lipinski definition) is 5. The number of carbonyl (C=O) groups is 1. The van der Waals surface area contributed by atoms with E-state index in [1.807, 2.05) is 11.8 Å². The Hall–Kier alpha value is -2.73. The van der Waals surface area contributed by atoms with Crippen LogP contribution in [0.1, 0.15) is 55.1 Å². The Morgan fingerprint density at radius 2 is 2.06 bits per heavy atom. The number of ether oxygens (including phenoxy) is 2. The summed E-state index contributed by atoms with van der Waals surface area (Å²) in [6, 6.07) is 1.99. The molecule has 7 nitrogen and oxygen atoms in total. The molecule has 1 saturated heterocycles. The van der Waals surface area contributed by atoms with Crippen molar-refractivity contribution in [1.29, 1.82) is 0 Å². The van der Waals surface area contributed by atoms with Crippen molar-refractivity contribution in [1.82, 2.24) is 19.8 Å². The Bertz CT molecular complexity index is 1090. The number of alkyl halides is 3. The van der Waals surface area contributed by atoms with E-state index >= 15 is 0 Å². The molecule has 0 radical (unpaired) electrons. The molecule has 0 unspecified atom stereocenters. The molecule has 0 bridgehead atoms. The summed E-state index contributed by atoms with van der Waals surface area (Å²) in [4.78, 5) is 18.6. The number of amides is 1. The summed E-state index contributed by atoms with van der Waals surface area (Å²) >= 11 is 0. The van der Waals surface area contributed by atoms with Gasteiger partial charge in [-0.05, 0) is 38.0 Å². The molecule has 3 heterocycles. The quantitative estimate of drug-likeness (QED) is 0.424. The Morgan fingerprint density at radius 1 is 1.28 bits per heavy atom. The Balaban J connectivity index is 1.51. The minimum atomic E-state index is -4.38. The molecule has 198 valence electrons. The fraction of sp³-hybridized carbons (Fsp3) is 0.583. The second kappa shape index (κ2) is 10.7. The lowest BCUT2D eigenvalue weighted by molar-refractivity contribution is -0.141. The summed E-state index contributed by atoms with van der Waals surface area (Å²) in [5.41, 5.74) is 1.04. The molecule has 1 fully saturated rings. The molecular weight excluding hydrogens is 487 g/mol. The number of halogens is 5. The highest BCUT2D eigenvalue weighted by Gasteiger charge is 2.41. The predicted molar refractivity (Wildman–Crippen MR) is 119 cm³/mol. The molecule has 2 aromatic rings. The molecular formula is C24H29F5N4O3. The number of nitrogens with one attached hydrogen (secondary N) is 1. The molecule has 1 aromatic heterocycles.